The standard InChI is InChI=1S/C6H14S2.H3O4P.Zn/c1-3-5-7-8-6-4-2;1-5(2,3)4;/h3-6H2,1-2H3;(H3,1,2,3,4);/q;;+2/p-2. The van der Waals surface area contributed by atoms with E-state index in [9.17, 15) is 0 Å². The molecule has 0 aromatic carbocycles. The Kier molecular flexibility index (Phi) is 21.4. The Morgan fingerprint density at radius 2 is 1.36 bits per heavy atom. The van der Waals surface area contributed by atoms with Crippen LogP contribution >= 0.6 is 29.4 Å². The van der Waals surface area contributed by atoms with Gasteiger partial charge in [-0.3, -0.25) is 0 Å². The van der Waals surface area contributed by atoms with E-state index in [-0.39, 0.29) is 19.5 Å². The molecule has 0 fully saturated rings. The van der Waals surface area contributed by atoms with Gasteiger partial charge >= 0.3 is 19.5 Å². The molecule has 0 atom stereocenters. The van der Waals surface area contributed by atoms with Gasteiger partial charge in [-0.25, -0.2) is 0 Å². The molecule has 0 saturated heterocycles. The molecule has 0 saturated carbocycles. The first-order valence-electron chi connectivity index (χ1n) is 3.91. The van der Waals surface area contributed by atoms with Crippen molar-refractivity contribution in [2.45, 2.75) is 26.7 Å². The van der Waals surface area contributed by atoms with Crippen molar-refractivity contribution in [2.24, 2.45) is 0 Å². The minimum absolute atomic E-state index is 0. The van der Waals surface area contributed by atoms with Crippen LogP contribution in [-0.4, -0.2) is 16.4 Å². The summed E-state index contributed by atoms with van der Waals surface area (Å²) in [6.45, 7) is 4.44. The Morgan fingerprint density at radius 3 is 1.50 bits per heavy atom. The third-order valence-electron chi connectivity index (χ3n) is 0.658. The molecule has 0 aromatic heterocycles. The van der Waals surface area contributed by atoms with Crippen LogP contribution in [0.5, 0.6) is 0 Å². The fourth-order valence-electron chi connectivity index (χ4n) is 0.285. The zero-order chi connectivity index (χ0) is 10.7. The molecule has 0 radical (unpaired) electrons. The van der Waals surface area contributed by atoms with Crippen molar-refractivity contribution >= 4 is 29.4 Å². The van der Waals surface area contributed by atoms with Crippen LogP contribution in [0.4, 0.5) is 0 Å². The van der Waals surface area contributed by atoms with E-state index in [1.165, 1.54) is 24.3 Å². The van der Waals surface area contributed by atoms with E-state index >= 15 is 0 Å². The van der Waals surface area contributed by atoms with Gasteiger partial charge < -0.3 is 19.2 Å². The summed E-state index contributed by atoms with van der Waals surface area (Å²) in [7, 11) is -1.15. The zero-order valence-electron chi connectivity index (χ0n) is 8.47. The Balaban J connectivity index is -0.000000177. The number of hydrogen-bond acceptors (Lipinski definition) is 5. The molecule has 8 heteroatoms. The molecule has 0 aliphatic carbocycles. The van der Waals surface area contributed by atoms with E-state index < -0.39 is 7.82 Å². The molecular weight excluding hydrogens is 297 g/mol. The molecule has 0 aliphatic rings. The minimum Gasteiger partial charge on any atom is -0.790 e. The summed E-state index contributed by atoms with van der Waals surface area (Å²) in [5.41, 5.74) is 0. The van der Waals surface area contributed by atoms with Crippen LogP contribution in [0.3, 0.4) is 0 Å². The molecule has 0 rings (SSSR count). The van der Waals surface area contributed by atoms with Crippen LogP contribution in [-0.2, 0) is 24.0 Å². The minimum atomic E-state index is -5.14. The van der Waals surface area contributed by atoms with Crippen molar-refractivity contribution < 1.29 is 38.7 Å². The smallest absolute Gasteiger partial charge is 0.790 e. The van der Waals surface area contributed by atoms with E-state index in [4.69, 9.17) is 19.2 Å². The summed E-state index contributed by atoms with van der Waals surface area (Å²) in [6, 6.07) is 0. The summed E-state index contributed by atoms with van der Waals surface area (Å²) < 4.78 is 8.66. The fraction of sp³-hybridized carbons (Fsp3) is 1.00. The monoisotopic (exact) mass is 310 g/mol. The van der Waals surface area contributed by atoms with E-state index in [0.29, 0.717) is 0 Å². The summed E-state index contributed by atoms with van der Waals surface area (Å²) in [4.78, 5) is 24.3. The maximum absolute atomic E-state index is 8.66. The molecule has 82 valence electrons. The topological polar surface area (TPSA) is 83.4 Å². The van der Waals surface area contributed by atoms with Gasteiger partial charge in [-0.1, -0.05) is 35.4 Å². The van der Waals surface area contributed by atoms with Gasteiger partial charge in [0, 0.05) is 11.5 Å². The van der Waals surface area contributed by atoms with E-state index in [0.717, 1.165) is 0 Å². The number of phosphoric acid groups is 1. The maximum atomic E-state index is 8.66. The summed E-state index contributed by atoms with van der Waals surface area (Å²) in [5.74, 6) is 2.62. The number of rotatable bonds is 5. The second kappa shape index (κ2) is 14.4. The van der Waals surface area contributed by atoms with E-state index in [2.05, 4.69) is 13.8 Å². The quantitative estimate of drug-likeness (QED) is 0.353. The third kappa shape index (κ3) is 50.2. The van der Waals surface area contributed by atoms with Gasteiger partial charge in [0.25, 0.3) is 0 Å². The van der Waals surface area contributed by atoms with Gasteiger partial charge in [-0.15, -0.1) is 0 Å². The normalized spacial score (nSPS) is 9.79. The Hall–Kier alpha value is 1.43. The fourth-order valence-corrected chi connectivity index (χ4v) is 2.56. The summed E-state index contributed by atoms with van der Waals surface area (Å²) >= 11 is 0. The maximum Gasteiger partial charge on any atom is 2.00 e. The molecule has 0 aromatic rings. The van der Waals surface area contributed by atoms with Crippen molar-refractivity contribution in [3.63, 3.8) is 0 Å². The van der Waals surface area contributed by atoms with Gasteiger partial charge in [-0.2, -0.15) is 0 Å². The van der Waals surface area contributed by atoms with Crippen molar-refractivity contribution in [3.8, 4) is 0 Å². The van der Waals surface area contributed by atoms with Crippen LogP contribution in [0.25, 0.3) is 0 Å². The summed E-state index contributed by atoms with van der Waals surface area (Å²) in [5, 5.41) is 0. The molecule has 4 nitrogen and oxygen atoms in total. The van der Waals surface area contributed by atoms with Crippen LogP contribution in [0, 0.1) is 0 Å². The molecule has 0 amide bonds. The van der Waals surface area contributed by atoms with Crippen molar-refractivity contribution in [1.82, 2.24) is 0 Å². The van der Waals surface area contributed by atoms with Crippen LogP contribution in [0.2, 0.25) is 0 Å². The molecule has 14 heavy (non-hydrogen) atoms. The SMILES string of the molecule is CCCSSCCC.O=P([O-])([O-])O.[Zn+2]. The van der Waals surface area contributed by atoms with Crippen LogP contribution < -0.4 is 9.79 Å². The first-order chi connectivity index (χ1) is 5.91. The predicted octanol–water partition coefficient (Wildman–Crippen LogP) is 0.993. The van der Waals surface area contributed by atoms with Gasteiger partial charge in [0.2, 0.25) is 0 Å². The van der Waals surface area contributed by atoms with Gasteiger partial charge in [0.1, 0.15) is 0 Å². The van der Waals surface area contributed by atoms with Crippen molar-refractivity contribution in [2.75, 3.05) is 11.5 Å². The first-order valence-corrected chi connectivity index (χ1v) is 7.89. The summed E-state index contributed by atoms with van der Waals surface area (Å²) in [6.07, 6.45) is 2.61. The number of hydrogen-bond donors (Lipinski definition) is 1. The molecule has 0 unspecified atom stereocenters. The molecule has 0 bridgehead atoms. The van der Waals surface area contributed by atoms with Crippen LogP contribution in [0.1, 0.15) is 26.7 Å². The largest absolute Gasteiger partial charge is 2.00 e. The molecule has 1 N–H and O–H groups in total. The molecular formula is C6H15O4PS2Zn. The van der Waals surface area contributed by atoms with Gasteiger partial charge in [0.05, 0.1) is 7.82 Å². The van der Waals surface area contributed by atoms with Gasteiger partial charge in [0.15, 0.2) is 0 Å². The van der Waals surface area contributed by atoms with Crippen molar-refractivity contribution in [3.05, 3.63) is 0 Å². The first kappa shape index (κ1) is 20.8. The van der Waals surface area contributed by atoms with E-state index in [1.807, 2.05) is 21.6 Å². The second-order valence-electron chi connectivity index (χ2n) is 2.11. The second-order valence-corrected chi connectivity index (χ2v) is 5.75. The predicted molar refractivity (Wildman–Crippen MR) is 55.3 cm³/mol. The van der Waals surface area contributed by atoms with Crippen LogP contribution in [0.15, 0.2) is 0 Å². The molecule has 0 heterocycles. The van der Waals surface area contributed by atoms with Crippen molar-refractivity contribution in [1.29, 1.82) is 0 Å². The average Bonchev–Trinajstić information content (AvgIpc) is 1.95. The molecule has 0 aliphatic heterocycles. The Morgan fingerprint density at radius 1 is 1.14 bits per heavy atom. The zero-order valence-corrected chi connectivity index (χ0v) is 14.0. The Bertz CT molecular complexity index is 130. The van der Waals surface area contributed by atoms with Gasteiger partial charge in [-0.05, 0) is 12.8 Å². The third-order valence-corrected chi connectivity index (χ3v) is 3.47. The Labute approximate surface area is 106 Å². The average molecular weight is 312 g/mol. The molecule has 0 spiro atoms. The van der Waals surface area contributed by atoms with E-state index in [1.54, 1.807) is 0 Å².